The first kappa shape index (κ1) is 93.3. The highest BCUT2D eigenvalue weighted by molar-refractivity contribution is 6.12. The number of amides is 4. The number of nitrogens with zero attached hydrogens (tertiary/aromatic N) is 5. The summed E-state index contributed by atoms with van der Waals surface area (Å²) in [5.74, 6) is -13.7. The molecule has 0 aliphatic rings. The normalized spacial score (nSPS) is 11.1. The summed E-state index contributed by atoms with van der Waals surface area (Å²) >= 11 is 0. The number of nitrogens with one attached hydrogen (secondary N) is 3. The van der Waals surface area contributed by atoms with Gasteiger partial charge in [0.25, 0.3) is 45.9 Å². The van der Waals surface area contributed by atoms with Gasteiger partial charge in [-0.2, -0.15) is 13.2 Å². The molecule has 4 amide bonds. The Bertz CT molecular complexity index is 6670. The second kappa shape index (κ2) is 40.4. The first-order chi connectivity index (χ1) is 60.6. The molecular formula is C88H72F6N8O26. The van der Waals surface area contributed by atoms with Crippen LogP contribution in [0.25, 0.3) is 43.6 Å². The average molecular weight is 1770 g/mol. The largest absolute Gasteiger partial charge is 0.573 e. The lowest BCUT2D eigenvalue weighted by atomic mass is 10.0. The third-order valence-corrected chi connectivity index (χ3v) is 18.4. The zero-order valence-corrected chi connectivity index (χ0v) is 66.8. The monoisotopic (exact) mass is 1770 g/mol. The Morgan fingerprint density at radius 3 is 1.12 bits per heavy atom. The lowest BCUT2D eigenvalue weighted by Gasteiger charge is -2.22. The summed E-state index contributed by atoms with van der Waals surface area (Å²) in [4.78, 5) is 182. The number of carboxylic acids is 4. The molecule has 4 aromatic heterocycles. The van der Waals surface area contributed by atoms with Gasteiger partial charge in [-0.05, 0) is 109 Å². The molecule has 0 spiro atoms. The molecule has 34 nitrogen and oxygen atoms in total. The van der Waals surface area contributed by atoms with E-state index in [1.54, 1.807) is 103 Å². The Balaban J connectivity index is 0.000000179. The number of alkyl halides is 6. The molecule has 0 unspecified atom stereocenters. The Morgan fingerprint density at radius 2 is 0.727 bits per heavy atom. The molecule has 0 saturated heterocycles. The zero-order chi connectivity index (χ0) is 93.2. The van der Waals surface area contributed by atoms with Gasteiger partial charge in [-0.1, -0.05) is 158 Å². The van der Waals surface area contributed by atoms with Crippen LogP contribution in [0.15, 0.2) is 250 Å². The van der Waals surface area contributed by atoms with Crippen LogP contribution in [0.2, 0.25) is 0 Å². The molecule has 9 aromatic carbocycles. The zero-order valence-electron chi connectivity index (χ0n) is 66.8. The van der Waals surface area contributed by atoms with E-state index in [2.05, 4.69) is 10.1 Å². The summed E-state index contributed by atoms with van der Waals surface area (Å²) in [5.41, 5.74) is -6.16. The van der Waals surface area contributed by atoms with E-state index in [0.717, 1.165) is 68.0 Å². The molecule has 4 heterocycles. The van der Waals surface area contributed by atoms with Gasteiger partial charge in [0, 0.05) is 39.7 Å². The number of carboxylic acid groups (broad SMARTS) is 4. The fourth-order valence-corrected chi connectivity index (χ4v) is 12.1. The first-order valence-corrected chi connectivity index (χ1v) is 37.4. The van der Waals surface area contributed by atoms with E-state index in [1.165, 1.54) is 45.2 Å². The van der Waals surface area contributed by atoms with Gasteiger partial charge in [-0.3, -0.25) is 57.5 Å². The van der Waals surface area contributed by atoms with Crippen molar-refractivity contribution in [2.75, 3.05) is 26.7 Å². The summed E-state index contributed by atoms with van der Waals surface area (Å²) in [5, 5.41) is 84.3. The van der Waals surface area contributed by atoms with E-state index in [0.29, 0.717) is 26.1 Å². The van der Waals surface area contributed by atoms with Gasteiger partial charge in [0.05, 0.1) is 27.6 Å². The molecule has 662 valence electrons. The highest BCUT2D eigenvalue weighted by Crippen LogP contribution is 2.35. The van der Waals surface area contributed by atoms with Crippen LogP contribution in [0.5, 0.6) is 28.7 Å². The first-order valence-electron chi connectivity index (χ1n) is 37.4. The summed E-state index contributed by atoms with van der Waals surface area (Å²) in [6.45, 7) is -0.227. The number of aromatic nitrogens is 4. The molecule has 0 saturated carbocycles. The van der Waals surface area contributed by atoms with Crippen LogP contribution in [-0.4, -0.2) is 157 Å². The second-order valence-electron chi connectivity index (χ2n) is 27.8. The lowest BCUT2D eigenvalue weighted by Crippen LogP contribution is -2.51. The molecule has 13 rings (SSSR count). The number of fused-ring (bicyclic) bond motifs is 4. The molecule has 11 N–H and O–H groups in total. The van der Waals surface area contributed by atoms with Gasteiger partial charge in [0.2, 0.25) is 0 Å². The average Bonchev–Trinajstić information content (AvgIpc) is 0.765. The number of pyridine rings is 4. The SMILES string of the molecule is CC(C)(NC(=O)c1c(O)c2ccccc2n(OCc2ccccc2)c1=O)C(=O)O.CN(CC(=O)O)C(=O)c1c(O)c2ccccc2n(OCc2ccccc2)c1=O.O=C(O)CNC(=O)c1c(O)c2cc(C(=O)c3ccccc3)ccc2n(OCc2ccc(C(F)(F)F)cc2)c1=O.O=C(O)CNC(=O)c1c(O)c2cc(OC(F)(F)F)ccc2n(OCc2ccccc2)c1=O. The van der Waals surface area contributed by atoms with Crippen molar-refractivity contribution in [2.45, 2.75) is 58.4 Å². The van der Waals surface area contributed by atoms with Crippen molar-refractivity contribution in [1.29, 1.82) is 0 Å². The maximum atomic E-state index is 13.2. The van der Waals surface area contributed by atoms with Gasteiger partial charge in [-0.25, -0.2) is 4.79 Å². The van der Waals surface area contributed by atoms with Gasteiger partial charge in [-0.15, -0.1) is 32.1 Å². The molecule has 40 heteroatoms. The number of carbonyl (C=O) groups is 9. The number of carbonyl (C=O) groups excluding carboxylic acids is 5. The summed E-state index contributed by atoms with van der Waals surface area (Å²) in [6, 6.07) is 58.4. The number of para-hydroxylation sites is 2. The van der Waals surface area contributed by atoms with Crippen LogP contribution in [0.4, 0.5) is 26.3 Å². The summed E-state index contributed by atoms with van der Waals surface area (Å²) in [6.07, 6.45) is -9.57. The van der Waals surface area contributed by atoms with Crippen molar-refractivity contribution >= 4 is 96.9 Å². The highest BCUT2D eigenvalue weighted by atomic mass is 19.4. The highest BCUT2D eigenvalue weighted by Gasteiger charge is 2.36. The Morgan fingerprint density at radius 1 is 0.383 bits per heavy atom. The summed E-state index contributed by atoms with van der Waals surface area (Å²) < 4.78 is 83.4. The fourth-order valence-electron chi connectivity index (χ4n) is 12.1. The van der Waals surface area contributed by atoms with Crippen molar-refractivity contribution < 1.29 is 134 Å². The number of benzene rings is 9. The van der Waals surface area contributed by atoms with Gasteiger partial charge in [0.15, 0.2) is 28.0 Å². The molecule has 0 atom stereocenters. The maximum absolute atomic E-state index is 13.2. The van der Waals surface area contributed by atoms with Crippen molar-refractivity contribution in [3.05, 3.63) is 333 Å². The molecule has 0 radical (unpaired) electrons. The predicted molar refractivity (Wildman–Crippen MR) is 442 cm³/mol. The van der Waals surface area contributed by atoms with Gasteiger partial charge >= 0.3 is 36.4 Å². The topological polar surface area (TPSA) is 489 Å². The van der Waals surface area contributed by atoms with Crippen molar-refractivity contribution in [1.82, 2.24) is 39.8 Å². The van der Waals surface area contributed by atoms with Crippen molar-refractivity contribution in [3.63, 3.8) is 0 Å². The third kappa shape index (κ3) is 22.6. The van der Waals surface area contributed by atoms with Crippen molar-refractivity contribution in [3.8, 4) is 28.7 Å². The second-order valence-corrected chi connectivity index (χ2v) is 27.8. The predicted octanol–water partition coefficient (Wildman–Crippen LogP) is 8.87. The van der Waals surface area contributed by atoms with Crippen LogP contribution in [0.3, 0.4) is 0 Å². The van der Waals surface area contributed by atoms with E-state index >= 15 is 0 Å². The molecule has 0 aliphatic heterocycles. The number of hydrogen-bond donors (Lipinski definition) is 11. The number of rotatable bonds is 27. The smallest absolute Gasteiger partial charge is 0.506 e. The Kier molecular flexibility index (Phi) is 29.4. The molecule has 0 aliphatic carbocycles. The third-order valence-electron chi connectivity index (χ3n) is 18.4. The van der Waals surface area contributed by atoms with Crippen LogP contribution in [-0.2, 0) is 51.8 Å². The standard InChI is InChI=1S/C27H19F3N2O7.C21H20N2O6.C20H15F3N2O7.C20H18N2O6/c28-27(29,30)18-9-6-15(7-10-18)14-39-32-20-11-8-17(23(35)16-4-2-1-3-5-16)12-19(20)24(36)22(26(32)38)25(37)31-13-21(33)34;1-21(2,20(27)28)22-18(25)16-17(24)14-10-6-7-11-15(14)23(19(16)26)29-12-13-8-4-3-5-9-13;21-20(22,23)32-12-6-7-14-13(8-12)17(28)16(18(29)24-9-15(26)27)19(30)25(14)31-10-11-4-2-1-3-5-11;1-21(11-16(23)24)19(26)17-18(25)14-9-5-6-10-15(14)22(20(17)27)28-12-13-7-3-2-4-8-13/h1-12,36H,13-14H2,(H,31,37)(H,33,34);3-11,24H,12H2,1-2H3,(H,22,25)(H,27,28);1-8,28H,9-10H2,(H,24,29)(H,26,27);2-10,25H,11-12H2,1H3,(H,23,24). The van der Waals surface area contributed by atoms with Crippen LogP contribution >= 0.6 is 0 Å². The Labute approximate surface area is 715 Å². The van der Waals surface area contributed by atoms with E-state index in [9.17, 15) is 114 Å². The van der Waals surface area contributed by atoms with Crippen LogP contribution in [0, 0.1) is 0 Å². The Hall–Kier alpha value is -17.0. The lowest BCUT2D eigenvalue weighted by molar-refractivity contribution is -0.274. The molecule has 13 aromatic rings. The van der Waals surface area contributed by atoms with Gasteiger partial charge in [0.1, 0.15) is 80.3 Å². The number of aromatic hydroxyl groups is 4. The van der Waals surface area contributed by atoms with E-state index in [-0.39, 0.29) is 69.0 Å². The minimum atomic E-state index is -5.02. The van der Waals surface area contributed by atoms with E-state index in [1.807, 2.05) is 71.3 Å². The number of aliphatic carboxylic acids is 4. The van der Waals surface area contributed by atoms with E-state index in [4.69, 9.17) is 34.7 Å². The maximum Gasteiger partial charge on any atom is 0.573 e. The number of ketones is 1. The molecule has 0 bridgehead atoms. The number of ether oxygens (including phenoxy) is 1. The number of likely N-dealkylation sites (N-methyl/N-ethyl adjacent to an activating group) is 1. The molecular weight excluding hydrogens is 1700 g/mol. The molecule has 0 fully saturated rings. The van der Waals surface area contributed by atoms with E-state index < -0.39 is 176 Å². The fraction of sp³-hybridized carbons (Fsp3) is 0.148. The number of hydrogen-bond acceptors (Lipinski definition) is 22. The quantitative estimate of drug-likeness (QED) is 0.0169. The van der Waals surface area contributed by atoms with Crippen LogP contribution < -0.4 is 62.3 Å². The van der Waals surface area contributed by atoms with Crippen LogP contribution in [0.1, 0.15) is 99.0 Å². The minimum absolute atomic E-state index is 0.0520. The minimum Gasteiger partial charge on any atom is -0.506 e. The number of halogens is 6. The van der Waals surface area contributed by atoms with Gasteiger partial charge < -0.3 is 85.8 Å². The molecule has 128 heavy (non-hydrogen) atoms. The summed E-state index contributed by atoms with van der Waals surface area (Å²) in [7, 11) is 1.24. The van der Waals surface area contributed by atoms with Crippen molar-refractivity contribution in [2.24, 2.45) is 0 Å².